The maximum atomic E-state index is 11.4. The first-order valence-electron chi connectivity index (χ1n) is 8.44. The first kappa shape index (κ1) is 21.1. The molecule has 0 aliphatic heterocycles. The van der Waals surface area contributed by atoms with E-state index in [2.05, 4.69) is 4.74 Å². The molecule has 0 fully saturated rings. The van der Waals surface area contributed by atoms with Crippen LogP contribution >= 0.6 is 7.05 Å². The van der Waals surface area contributed by atoms with Gasteiger partial charge in [0.25, 0.3) is 0 Å². The highest BCUT2D eigenvalue weighted by Crippen LogP contribution is 2.32. The van der Waals surface area contributed by atoms with Crippen LogP contribution in [0.4, 0.5) is 5.69 Å². The summed E-state index contributed by atoms with van der Waals surface area (Å²) in [6, 6.07) is 26.7. The van der Waals surface area contributed by atoms with Crippen LogP contribution in [0.5, 0.6) is 0 Å². The van der Waals surface area contributed by atoms with Gasteiger partial charge in [-0.2, -0.15) is 0 Å². The highest BCUT2D eigenvalue weighted by atomic mass is 32.2. The van der Waals surface area contributed by atoms with Crippen LogP contribution in [0, 0.1) is 6.92 Å². The van der Waals surface area contributed by atoms with Crippen molar-refractivity contribution < 1.29 is 17.7 Å². The molecule has 27 heavy (non-hydrogen) atoms. The Labute approximate surface area is 161 Å². The van der Waals surface area contributed by atoms with Crippen LogP contribution in [-0.2, 0) is 10.1 Å². The zero-order chi connectivity index (χ0) is 19.9. The summed E-state index contributed by atoms with van der Waals surface area (Å²) >= 11 is 0. The molecule has 3 aromatic rings. The van der Waals surface area contributed by atoms with Gasteiger partial charge >= 0.3 is 0 Å². The molecule has 6 heteroatoms. The van der Waals surface area contributed by atoms with Gasteiger partial charge in [-0.05, 0) is 30.7 Å². The SMILES string of the molecule is Cc1ccc([NH+]=P(C)(C)c2ccccc2)c(S(=O)(=O)[O-])c1.c1ccccc1. The van der Waals surface area contributed by atoms with Crippen LogP contribution in [-0.4, -0.2) is 26.3 Å². The van der Waals surface area contributed by atoms with Gasteiger partial charge in [-0.3, -0.25) is 0 Å². The highest BCUT2D eigenvalue weighted by molar-refractivity contribution is 7.86. The molecule has 0 aliphatic rings. The summed E-state index contributed by atoms with van der Waals surface area (Å²) in [7, 11) is -6.29. The number of aryl methyl sites for hydroxylation is 1. The summed E-state index contributed by atoms with van der Waals surface area (Å²) in [5.74, 6) is 0. The van der Waals surface area contributed by atoms with E-state index in [4.69, 9.17) is 0 Å². The fourth-order valence-electron chi connectivity index (χ4n) is 2.48. The number of rotatable bonds is 3. The molecule has 0 saturated heterocycles. The predicted molar refractivity (Wildman–Crippen MR) is 111 cm³/mol. The topological polar surface area (TPSA) is 71.2 Å². The molecule has 4 nitrogen and oxygen atoms in total. The Morgan fingerprint density at radius 3 is 1.78 bits per heavy atom. The monoisotopic (exact) mass is 401 g/mol. The van der Waals surface area contributed by atoms with Gasteiger partial charge in [0.05, 0.1) is 0 Å². The van der Waals surface area contributed by atoms with Crippen LogP contribution in [0.2, 0.25) is 0 Å². The van der Waals surface area contributed by atoms with Gasteiger partial charge in [0.2, 0.25) is 5.69 Å². The largest absolute Gasteiger partial charge is 0.744 e. The van der Waals surface area contributed by atoms with Crippen molar-refractivity contribution in [3.8, 4) is 0 Å². The number of hydrogen-bond acceptors (Lipinski definition) is 3. The van der Waals surface area contributed by atoms with Gasteiger partial charge < -0.3 is 4.55 Å². The molecule has 0 saturated carbocycles. The van der Waals surface area contributed by atoms with Crippen LogP contribution in [0.15, 0.2) is 89.8 Å². The van der Waals surface area contributed by atoms with Crippen LogP contribution in [0.3, 0.4) is 0 Å². The van der Waals surface area contributed by atoms with E-state index < -0.39 is 17.2 Å². The molecule has 0 bridgehead atoms. The van der Waals surface area contributed by atoms with E-state index in [1.165, 1.54) is 6.07 Å². The van der Waals surface area contributed by atoms with Gasteiger partial charge in [-0.15, -0.1) is 0 Å². The molecule has 0 radical (unpaired) electrons. The fraction of sp³-hybridized carbons (Fsp3) is 0.143. The minimum Gasteiger partial charge on any atom is -0.744 e. The Morgan fingerprint density at radius 2 is 1.30 bits per heavy atom. The highest BCUT2D eigenvalue weighted by Gasteiger charge is 2.19. The minimum atomic E-state index is -4.51. The van der Waals surface area contributed by atoms with Gasteiger partial charge in [-0.25, -0.2) is 13.2 Å². The molecule has 0 heterocycles. The lowest BCUT2D eigenvalue weighted by molar-refractivity contribution is -0.331. The van der Waals surface area contributed by atoms with Crippen molar-refractivity contribution in [1.82, 2.24) is 0 Å². The maximum Gasteiger partial charge on any atom is 0.216 e. The first-order chi connectivity index (χ1) is 12.7. The van der Waals surface area contributed by atoms with Crippen molar-refractivity contribution >= 4 is 28.2 Å². The lowest BCUT2D eigenvalue weighted by Gasteiger charge is -2.12. The molecule has 0 unspecified atom stereocenters. The Hall–Kier alpha value is -2.20. The average Bonchev–Trinajstić information content (AvgIpc) is 2.65. The van der Waals surface area contributed by atoms with E-state index in [0.29, 0.717) is 5.69 Å². The normalized spacial score (nSPS) is 11.3. The summed E-state index contributed by atoms with van der Waals surface area (Å²) in [5.41, 5.74) is 1.11. The quantitative estimate of drug-likeness (QED) is 0.542. The summed E-state index contributed by atoms with van der Waals surface area (Å²) in [6.07, 6.45) is 0. The predicted octanol–water partition coefficient (Wildman–Crippen LogP) is 3.08. The zero-order valence-corrected chi connectivity index (χ0v) is 17.4. The van der Waals surface area contributed by atoms with Gasteiger partial charge in [-0.1, -0.05) is 60.7 Å². The number of hydrogen-bond donors (Lipinski definition) is 1. The zero-order valence-electron chi connectivity index (χ0n) is 15.7. The number of benzene rings is 3. The second kappa shape index (κ2) is 9.14. The van der Waals surface area contributed by atoms with Crippen molar-refractivity contribution in [2.75, 3.05) is 13.3 Å². The molecule has 0 aromatic heterocycles. The lowest BCUT2D eigenvalue weighted by atomic mass is 10.2. The van der Waals surface area contributed by atoms with Gasteiger partial charge in [0.1, 0.15) is 22.1 Å². The summed E-state index contributed by atoms with van der Waals surface area (Å²) in [5, 5.41) is 1.11. The standard InChI is InChI=1S/C15H18NO3PS.C6H6/c1-12-9-10-14(15(11-12)21(17,18)19)16-20(2,3)13-7-5-4-6-8-13;1-2-4-6-5-3-1/h4-11H,1-3H3,(H,17,18,19);1-6H. The molecular weight excluding hydrogens is 377 g/mol. The smallest absolute Gasteiger partial charge is 0.216 e. The Kier molecular flexibility index (Phi) is 7.14. The molecular formula is C21H24NO3PS. The Balaban J connectivity index is 0.000000369. The molecule has 3 aromatic carbocycles. The van der Waals surface area contributed by atoms with Crippen LogP contribution < -0.4 is 10.0 Å². The van der Waals surface area contributed by atoms with E-state index in [-0.39, 0.29) is 4.90 Å². The van der Waals surface area contributed by atoms with Crippen molar-refractivity contribution in [3.63, 3.8) is 0 Å². The third-order valence-corrected chi connectivity index (χ3v) is 7.14. The molecule has 0 spiro atoms. The number of nitrogens with one attached hydrogen (secondary N) is 1. The minimum absolute atomic E-state index is 0.188. The lowest BCUT2D eigenvalue weighted by Crippen LogP contribution is -2.61. The van der Waals surface area contributed by atoms with Gasteiger partial charge in [0, 0.05) is 24.7 Å². The molecule has 3 rings (SSSR count). The Bertz CT molecular complexity index is 1000. The van der Waals surface area contributed by atoms with Gasteiger partial charge in [0.15, 0.2) is 0 Å². The van der Waals surface area contributed by atoms with Crippen molar-refractivity contribution in [3.05, 3.63) is 90.5 Å². The maximum absolute atomic E-state index is 11.4. The molecule has 142 valence electrons. The summed E-state index contributed by atoms with van der Waals surface area (Å²) in [6.45, 7) is 5.85. The van der Waals surface area contributed by atoms with Crippen LogP contribution in [0.1, 0.15) is 5.56 Å². The summed E-state index contributed by atoms with van der Waals surface area (Å²) < 4.78 is 37.6. The first-order valence-corrected chi connectivity index (χ1v) is 12.5. The second-order valence-corrected chi connectivity index (χ2v) is 11.5. The van der Waals surface area contributed by atoms with Crippen molar-refractivity contribution in [2.45, 2.75) is 11.8 Å². The molecule has 1 N–H and O–H groups in total. The molecule has 0 atom stereocenters. The summed E-state index contributed by atoms with van der Waals surface area (Å²) in [4.78, 5) is -0.188. The van der Waals surface area contributed by atoms with E-state index in [9.17, 15) is 13.0 Å². The molecule has 0 amide bonds. The van der Waals surface area contributed by atoms with Crippen molar-refractivity contribution in [1.29, 1.82) is 0 Å². The second-order valence-electron chi connectivity index (χ2n) is 6.51. The Morgan fingerprint density at radius 1 is 0.815 bits per heavy atom. The van der Waals surface area contributed by atoms with Crippen molar-refractivity contribution in [2.24, 2.45) is 0 Å². The third-order valence-electron chi connectivity index (χ3n) is 3.87. The van der Waals surface area contributed by atoms with E-state index >= 15 is 0 Å². The van der Waals surface area contributed by atoms with E-state index in [0.717, 1.165) is 10.9 Å². The average molecular weight is 401 g/mol. The van der Waals surface area contributed by atoms with Crippen LogP contribution in [0.25, 0.3) is 0 Å². The fourth-order valence-corrected chi connectivity index (χ4v) is 5.12. The van der Waals surface area contributed by atoms with E-state index in [1.54, 1.807) is 19.1 Å². The third kappa shape index (κ3) is 6.47. The molecule has 0 aliphatic carbocycles. The van der Waals surface area contributed by atoms with E-state index in [1.807, 2.05) is 80.1 Å².